The third kappa shape index (κ3) is 3.35. The van der Waals surface area contributed by atoms with Gasteiger partial charge in [-0.2, -0.15) is 0 Å². The highest BCUT2D eigenvalue weighted by Gasteiger charge is 2.06. The number of ether oxygens (including phenoxy) is 2. The molecular weight excluding hydrogens is 308 g/mol. The molecule has 2 aromatic carbocycles. The van der Waals surface area contributed by atoms with Crippen LogP contribution in [0.3, 0.4) is 0 Å². The predicted octanol–water partition coefficient (Wildman–Crippen LogP) is 3.85. The van der Waals surface area contributed by atoms with Crippen LogP contribution in [0, 0.1) is 0 Å². The molecule has 4 heteroatoms. The van der Waals surface area contributed by atoms with Crippen molar-refractivity contribution in [3.8, 4) is 11.5 Å². The topological polar surface area (TPSA) is 35.5 Å². The van der Waals surface area contributed by atoms with E-state index in [9.17, 15) is 4.79 Å². The van der Waals surface area contributed by atoms with Gasteiger partial charge < -0.3 is 9.47 Å². The van der Waals surface area contributed by atoms with E-state index in [0.717, 1.165) is 22.1 Å². The molecule has 0 aromatic heterocycles. The molecule has 2 aromatic rings. The molecule has 0 saturated carbocycles. The van der Waals surface area contributed by atoms with Gasteiger partial charge >= 0.3 is 0 Å². The maximum absolute atomic E-state index is 11.0. The van der Waals surface area contributed by atoms with E-state index in [1.165, 1.54) is 0 Å². The molecule has 0 N–H and O–H groups in total. The summed E-state index contributed by atoms with van der Waals surface area (Å²) in [5, 5.41) is 0. The second-order valence-corrected chi connectivity index (χ2v) is 4.76. The molecule has 0 radical (unpaired) electrons. The molecule has 0 aliphatic rings. The first-order chi connectivity index (χ1) is 9.24. The molecule has 0 aliphatic carbocycles. The van der Waals surface area contributed by atoms with E-state index in [2.05, 4.69) is 15.9 Å². The smallest absolute Gasteiger partial charge is 0.154 e. The van der Waals surface area contributed by atoms with Crippen molar-refractivity contribution >= 4 is 22.2 Å². The zero-order valence-electron chi connectivity index (χ0n) is 10.4. The summed E-state index contributed by atoms with van der Waals surface area (Å²) in [6.45, 7) is 0.404. The highest BCUT2D eigenvalue weighted by Crippen LogP contribution is 2.25. The minimum absolute atomic E-state index is 0.404. The zero-order chi connectivity index (χ0) is 13.7. The molecule has 0 saturated heterocycles. The van der Waals surface area contributed by atoms with E-state index in [0.29, 0.717) is 17.9 Å². The summed E-state index contributed by atoms with van der Waals surface area (Å²) in [4.78, 5) is 11.0. The first kappa shape index (κ1) is 13.6. The number of halogens is 1. The molecule has 0 unspecified atom stereocenters. The lowest BCUT2D eigenvalue weighted by molar-refractivity contribution is 0.111. The van der Waals surface area contributed by atoms with E-state index < -0.39 is 0 Å². The van der Waals surface area contributed by atoms with E-state index in [1.54, 1.807) is 13.2 Å². The average Bonchev–Trinajstić information content (AvgIpc) is 2.45. The van der Waals surface area contributed by atoms with Crippen LogP contribution < -0.4 is 9.47 Å². The van der Waals surface area contributed by atoms with Crippen LogP contribution in [0.15, 0.2) is 46.9 Å². The normalized spacial score (nSPS) is 10.0. The Morgan fingerprint density at radius 2 is 1.89 bits per heavy atom. The standard InChI is InChI=1S/C15H13BrO3/c1-18-12-7-5-11(6-8-12)10-19-15-4-2-3-14(16)13(15)9-17/h2-9H,10H2,1H3. The lowest BCUT2D eigenvalue weighted by Crippen LogP contribution is -1.98. The van der Waals surface area contributed by atoms with Crippen LogP contribution in [0.2, 0.25) is 0 Å². The van der Waals surface area contributed by atoms with Gasteiger partial charge in [-0.15, -0.1) is 0 Å². The second-order valence-electron chi connectivity index (χ2n) is 3.91. The minimum atomic E-state index is 0.404. The Balaban J connectivity index is 2.09. The van der Waals surface area contributed by atoms with Crippen LogP contribution in [0.5, 0.6) is 11.5 Å². The lowest BCUT2D eigenvalue weighted by Gasteiger charge is -2.10. The van der Waals surface area contributed by atoms with Crippen molar-refractivity contribution in [1.82, 2.24) is 0 Å². The molecule has 0 fully saturated rings. The Hall–Kier alpha value is -1.81. The summed E-state index contributed by atoms with van der Waals surface area (Å²) in [5.74, 6) is 1.37. The number of hydrogen-bond acceptors (Lipinski definition) is 3. The van der Waals surface area contributed by atoms with E-state index >= 15 is 0 Å². The summed E-state index contributed by atoms with van der Waals surface area (Å²) in [5.41, 5.74) is 1.54. The van der Waals surface area contributed by atoms with Crippen molar-refractivity contribution in [2.75, 3.05) is 7.11 Å². The molecule has 0 amide bonds. The molecule has 98 valence electrons. The molecule has 19 heavy (non-hydrogen) atoms. The number of carbonyl (C=O) groups excluding carboxylic acids is 1. The van der Waals surface area contributed by atoms with Crippen molar-refractivity contribution in [1.29, 1.82) is 0 Å². The van der Waals surface area contributed by atoms with Crippen LogP contribution in [-0.2, 0) is 6.61 Å². The molecule has 0 bridgehead atoms. The first-order valence-electron chi connectivity index (χ1n) is 5.74. The molecular formula is C15H13BrO3. The van der Waals surface area contributed by atoms with Crippen molar-refractivity contribution in [3.63, 3.8) is 0 Å². The van der Waals surface area contributed by atoms with Crippen LogP contribution in [0.1, 0.15) is 15.9 Å². The number of carbonyl (C=O) groups is 1. The maximum Gasteiger partial charge on any atom is 0.154 e. The third-order valence-electron chi connectivity index (χ3n) is 2.68. The molecule has 0 atom stereocenters. The van der Waals surface area contributed by atoms with Gasteiger partial charge in [-0.1, -0.05) is 18.2 Å². The van der Waals surface area contributed by atoms with Crippen LogP contribution >= 0.6 is 15.9 Å². The van der Waals surface area contributed by atoms with Gasteiger partial charge in [-0.3, -0.25) is 4.79 Å². The lowest BCUT2D eigenvalue weighted by atomic mass is 10.2. The van der Waals surface area contributed by atoms with Crippen LogP contribution in [-0.4, -0.2) is 13.4 Å². The Labute approximate surface area is 120 Å². The van der Waals surface area contributed by atoms with Crippen molar-refractivity contribution in [2.45, 2.75) is 6.61 Å². The number of hydrogen-bond donors (Lipinski definition) is 0. The minimum Gasteiger partial charge on any atom is -0.497 e. The summed E-state index contributed by atoms with van der Waals surface area (Å²) >= 11 is 3.32. The van der Waals surface area contributed by atoms with Crippen LogP contribution in [0.4, 0.5) is 0 Å². The van der Waals surface area contributed by atoms with E-state index in [1.807, 2.05) is 36.4 Å². The van der Waals surface area contributed by atoms with Gasteiger partial charge in [0.25, 0.3) is 0 Å². The Morgan fingerprint density at radius 3 is 2.53 bits per heavy atom. The number of benzene rings is 2. The maximum atomic E-state index is 11.0. The molecule has 0 spiro atoms. The van der Waals surface area contributed by atoms with Gasteiger partial charge in [0.1, 0.15) is 18.1 Å². The molecule has 2 rings (SSSR count). The SMILES string of the molecule is COc1ccc(COc2cccc(Br)c2C=O)cc1. The highest BCUT2D eigenvalue weighted by atomic mass is 79.9. The quantitative estimate of drug-likeness (QED) is 0.785. The van der Waals surface area contributed by atoms with E-state index in [4.69, 9.17) is 9.47 Å². The summed E-state index contributed by atoms with van der Waals surface area (Å²) in [7, 11) is 1.63. The average molecular weight is 321 g/mol. The fourth-order valence-electron chi connectivity index (χ4n) is 1.64. The summed E-state index contributed by atoms with van der Waals surface area (Å²) in [6.07, 6.45) is 0.785. The monoisotopic (exact) mass is 320 g/mol. The fourth-order valence-corrected chi connectivity index (χ4v) is 2.08. The number of methoxy groups -OCH3 is 1. The van der Waals surface area contributed by atoms with Gasteiger partial charge in [-0.25, -0.2) is 0 Å². The van der Waals surface area contributed by atoms with Gasteiger partial charge in [0.2, 0.25) is 0 Å². The van der Waals surface area contributed by atoms with Crippen molar-refractivity contribution in [2.24, 2.45) is 0 Å². The predicted molar refractivity (Wildman–Crippen MR) is 76.9 cm³/mol. The van der Waals surface area contributed by atoms with Gasteiger partial charge in [0.05, 0.1) is 12.7 Å². The van der Waals surface area contributed by atoms with E-state index in [-0.39, 0.29) is 0 Å². The number of aldehydes is 1. The summed E-state index contributed by atoms with van der Waals surface area (Å²) < 4.78 is 11.5. The zero-order valence-corrected chi connectivity index (χ0v) is 12.0. The second kappa shape index (κ2) is 6.38. The third-order valence-corrected chi connectivity index (χ3v) is 3.38. The molecule has 3 nitrogen and oxygen atoms in total. The van der Waals surface area contributed by atoms with Gasteiger partial charge in [-0.05, 0) is 45.8 Å². The largest absolute Gasteiger partial charge is 0.497 e. The van der Waals surface area contributed by atoms with Crippen molar-refractivity contribution < 1.29 is 14.3 Å². The Kier molecular flexibility index (Phi) is 4.58. The number of rotatable bonds is 5. The van der Waals surface area contributed by atoms with Gasteiger partial charge in [0.15, 0.2) is 6.29 Å². The fraction of sp³-hybridized carbons (Fsp3) is 0.133. The first-order valence-corrected chi connectivity index (χ1v) is 6.53. The molecule has 0 aliphatic heterocycles. The summed E-state index contributed by atoms with van der Waals surface area (Å²) in [6, 6.07) is 13.0. The van der Waals surface area contributed by atoms with Gasteiger partial charge in [0, 0.05) is 4.47 Å². The van der Waals surface area contributed by atoms with Crippen molar-refractivity contribution in [3.05, 3.63) is 58.1 Å². The Bertz CT molecular complexity index is 564. The molecule has 0 heterocycles. The highest BCUT2D eigenvalue weighted by molar-refractivity contribution is 9.10. The van der Waals surface area contributed by atoms with Crippen LogP contribution in [0.25, 0.3) is 0 Å². The Morgan fingerprint density at radius 1 is 1.16 bits per heavy atom.